The van der Waals surface area contributed by atoms with Gasteiger partial charge in [-0.25, -0.2) is 0 Å². The highest BCUT2D eigenvalue weighted by molar-refractivity contribution is 4.64. The van der Waals surface area contributed by atoms with Gasteiger partial charge < -0.3 is 5.11 Å². The highest BCUT2D eigenvalue weighted by atomic mass is 16.3. The first-order chi connectivity index (χ1) is 6.45. The Morgan fingerprint density at radius 1 is 0.714 bits per heavy atom. The zero-order valence-electron chi connectivity index (χ0n) is 10.6. The maximum absolute atomic E-state index is 8.96. The summed E-state index contributed by atoms with van der Waals surface area (Å²) < 4.78 is 0. The van der Waals surface area contributed by atoms with Gasteiger partial charge in [0.1, 0.15) is 0 Å². The molecule has 0 saturated carbocycles. The van der Waals surface area contributed by atoms with Crippen LogP contribution in [0.15, 0.2) is 0 Å². The number of hydrogen-bond acceptors (Lipinski definition) is 1. The van der Waals surface area contributed by atoms with Gasteiger partial charge in [-0.1, -0.05) is 34.6 Å². The standard InChI is InChI=1S/C13H28O/c1-10(2)6-11(3)7-12(4)8-13(5)9-14/h10-14H,6-9H2,1-5H3. The van der Waals surface area contributed by atoms with Crippen LogP contribution in [0.5, 0.6) is 0 Å². The van der Waals surface area contributed by atoms with Crippen LogP contribution in [0.3, 0.4) is 0 Å². The maximum atomic E-state index is 8.96. The van der Waals surface area contributed by atoms with Gasteiger partial charge in [-0.15, -0.1) is 0 Å². The molecule has 3 unspecified atom stereocenters. The lowest BCUT2D eigenvalue weighted by Crippen LogP contribution is -2.11. The lowest BCUT2D eigenvalue weighted by atomic mass is 9.86. The molecule has 0 aliphatic rings. The van der Waals surface area contributed by atoms with E-state index in [4.69, 9.17) is 5.11 Å². The van der Waals surface area contributed by atoms with Gasteiger partial charge in [0.2, 0.25) is 0 Å². The highest BCUT2D eigenvalue weighted by Crippen LogP contribution is 2.23. The minimum atomic E-state index is 0.336. The Bertz CT molecular complexity index is 131. The van der Waals surface area contributed by atoms with E-state index in [1.165, 1.54) is 19.3 Å². The fourth-order valence-corrected chi connectivity index (χ4v) is 2.45. The third-order valence-corrected chi connectivity index (χ3v) is 2.79. The summed E-state index contributed by atoms with van der Waals surface area (Å²) in [4.78, 5) is 0. The number of rotatable bonds is 7. The van der Waals surface area contributed by atoms with Gasteiger partial charge in [0.15, 0.2) is 0 Å². The first-order valence-corrected chi connectivity index (χ1v) is 6.06. The molecular weight excluding hydrogens is 172 g/mol. The van der Waals surface area contributed by atoms with Crippen molar-refractivity contribution in [1.29, 1.82) is 0 Å². The van der Waals surface area contributed by atoms with E-state index in [0.29, 0.717) is 12.5 Å². The summed E-state index contributed by atoms with van der Waals surface area (Å²) in [7, 11) is 0. The smallest absolute Gasteiger partial charge is 0.0456 e. The lowest BCUT2D eigenvalue weighted by Gasteiger charge is -2.20. The zero-order valence-corrected chi connectivity index (χ0v) is 10.6. The molecule has 0 aromatic rings. The molecule has 1 nitrogen and oxygen atoms in total. The maximum Gasteiger partial charge on any atom is 0.0456 e. The SMILES string of the molecule is CC(C)CC(C)CC(C)CC(C)CO. The fraction of sp³-hybridized carbons (Fsp3) is 1.00. The van der Waals surface area contributed by atoms with Crippen LogP contribution in [-0.2, 0) is 0 Å². The van der Waals surface area contributed by atoms with Crippen LogP contribution >= 0.6 is 0 Å². The Labute approximate surface area is 89.9 Å². The zero-order chi connectivity index (χ0) is 11.1. The molecule has 0 aliphatic carbocycles. The lowest BCUT2D eigenvalue weighted by molar-refractivity contribution is 0.205. The van der Waals surface area contributed by atoms with E-state index < -0.39 is 0 Å². The van der Waals surface area contributed by atoms with Crippen LogP contribution < -0.4 is 0 Å². The molecule has 0 saturated heterocycles. The Hall–Kier alpha value is -0.0400. The van der Waals surface area contributed by atoms with Gasteiger partial charge in [-0.3, -0.25) is 0 Å². The summed E-state index contributed by atoms with van der Waals surface area (Å²) in [6.45, 7) is 11.7. The van der Waals surface area contributed by atoms with Crippen LogP contribution in [-0.4, -0.2) is 11.7 Å². The quantitative estimate of drug-likeness (QED) is 0.664. The fourth-order valence-electron chi connectivity index (χ4n) is 2.45. The van der Waals surface area contributed by atoms with E-state index in [2.05, 4.69) is 34.6 Å². The number of hydrogen-bond donors (Lipinski definition) is 1. The summed E-state index contributed by atoms with van der Waals surface area (Å²) in [6, 6.07) is 0. The second kappa shape index (κ2) is 7.28. The molecule has 0 heterocycles. The van der Waals surface area contributed by atoms with Crippen molar-refractivity contribution >= 4 is 0 Å². The molecule has 1 N–H and O–H groups in total. The predicted octanol–water partition coefficient (Wildman–Crippen LogP) is 3.71. The van der Waals surface area contributed by atoms with Crippen molar-refractivity contribution in [2.45, 2.75) is 53.9 Å². The monoisotopic (exact) mass is 200 g/mol. The van der Waals surface area contributed by atoms with E-state index >= 15 is 0 Å². The number of aliphatic hydroxyl groups excluding tert-OH is 1. The van der Waals surface area contributed by atoms with Crippen LogP contribution in [0.1, 0.15) is 53.9 Å². The molecule has 0 amide bonds. The van der Waals surface area contributed by atoms with Crippen LogP contribution in [0.4, 0.5) is 0 Å². The summed E-state index contributed by atoms with van der Waals surface area (Å²) >= 11 is 0. The van der Waals surface area contributed by atoms with Crippen molar-refractivity contribution in [3.05, 3.63) is 0 Å². The largest absolute Gasteiger partial charge is 0.396 e. The molecule has 0 radical (unpaired) electrons. The molecule has 0 aromatic heterocycles. The Morgan fingerprint density at radius 2 is 1.14 bits per heavy atom. The Morgan fingerprint density at radius 3 is 1.57 bits per heavy atom. The van der Waals surface area contributed by atoms with Crippen LogP contribution in [0.2, 0.25) is 0 Å². The third kappa shape index (κ3) is 7.37. The van der Waals surface area contributed by atoms with Gasteiger partial charge in [0.25, 0.3) is 0 Å². The van der Waals surface area contributed by atoms with Gasteiger partial charge in [0, 0.05) is 6.61 Å². The molecule has 14 heavy (non-hydrogen) atoms. The molecule has 3 atom stereocenters. The van der Waals surface area contributed by atoms with E-state index in [1.54, 1.807) is 0 Å². The molecule has 1 heteroatoms. The molecule has 0 fully saturated rings. The van der Waals surface area contributed by atoms with Gasteiger partial charge in [-0.05, 0) is 42.9 Å². The summed E-state index contributed by atoms with van der Waals surface area (Å²) in [6.07, 6.45) is 3.80. The molecule has 0 bridgehead atoms. The van der Waals surface area contributed by atoms with Crippen molar-refractivity contribution in [3.63, 3.8) is 0 Å². The van der Waals surface area contributed by atoms with Gasteiger partial charge in [-0.2, -0.15) is 0 Å². The number of aliphatic hydroxyl groups is 1. The third-order valence-electron chi connectivity index (χ3n) is 2.79. The highest BCUT2D eigenvalue weighted by Gasteiger charge is 2.12. The topological polar surface area (TPSA) is 20.2 Å². The Balaban J connectivity index is 3.65. The first-order valence-electron chi connectivity index (χ1n) is 6.06. The Kier molecular flexibility index (Phi) is 7.26. The molecule has 86 valence electrons. The average Bonchev–Trinajstić information content (AvgIpc) is 2.01. The van der Waals surface area contributed by atoms with Crippen molar-refractivity contribution in [2.24, 2.45) is 23.7 Å². The molecular formula is C13H28O. The molecule has 0 rings (SSSR count). The molecule has 0 aromatic carbocycles. The van der Waals surface area contributed by atoms with E-state index in [1.807, 2.05) is 0 Å². The summed E-state index contributed by atoms with van der Waals surface area (Å²) in [5.74, 6) is 2.87. The van der Waals surface area contributed by atoms with Crippen LogP contribution in [0.25, 0.3) is 0 Å². The van der Waals surface area contributed by atoms with Crippen molar-refractivity contribution in [1.82, 2.24) is 0 Å². The van der Waals surface area contributed by atoms with E-state index in [9.17, 15) is 0 Å². The summed E-state index contributed by atoms with van der Waals surface area (Å²) in [5.41, 5.74) is 0. The van der Waals surface area contributed by atoms with Crippen molar-refractivity contribution < 1.29 is 5.11 Å². The minimum Gasteiger partial charge on any atom is -0.396 e. The average molecular weight is 200 g/mol. The minimum absolute atomic E-state index is 0.336. The predicted molar refractivity (Wildman–Crippen MR) is 63.3 cm³/mol. The molecule has 0 aliphatic heterocycles. The van der Waals surface area contributed by atoms with Gasteiger partial charge >= 0.3 is 0 Å². The van der Waals surface area contributed by atoms with Crippen molar-refractivity contribution in [3.8, 4) is 0 Å². The second-order valence-corrected chi connectivity index (χ2v) is 5.60. The molecule has 0 spiro atoms. The van der Waals surface area contributed by atoms with Gasteiger partial charge in [0.05, 0.1) is 0 Å². The summed E-state index contributed by atoms with van der Waals surface area (Å²) in [5, 5.41) is 8.96. The first kappa shape index (κ1) is 14.0. The normalized spacial score (nSPS) is 18.2. The van der Waals surface area contributed by atoms with E-state index in [0.717, 1.165) is 17.8 Å². The van der Waals surface area contributed by atoms with Crippen LogP contribution in [0, 0.1) is 23.7 Å². The van der Waals surface area contributed by atoms with Crippen molar-refractivity contribution in [2.75, 3.05) is 6.61 Å². The van der Waals surface area contributed by atoms with E-state index in [-0.39, 0.29) is 0 Å². The second-order valence-electron chi connectivity index (χ2n) is 5.60.